The summed E-state index contributed by atoms with van der Waals surface area (Å²) >= 11 is 1.31. The van der Waals surface area contributed by atoms with Gasteiger partial charge in [0.05, 0.1) is 11.3 Å². The minimum absolute atomic E-state index is 0.0473. The highest BCUT2D eigenvalue weighted by Crippen LogP contribution is 2.13. The number of rotatable bonds is 13. The zero-order valence-corrected chi connectivity index (χ0v) is 20.2. The van der Waals surface area contributed by atoms with Gasteiger partial charge in [0.25, 0.3) is 0 Å². The van der Waals surface area contributed by atoms with Crippen LogP contribution in [0.3, 0.4) is 0 Å². The number of benzene rings is 1. The molecule has 0 aliphatic carbocycles. The summed E-state index contributed by atoms with van der Waals surface area (Å²) in [4.78, 5) is 28.0. The summed E-state index contributed by atoms with van der Waals surface area (Å²) in [6.45, 7) is 2.83. The molecule has 2 heterocycles. The summed E-state index contributed by atoms with van der Waals surface area (Å²) in [5, 5.41) is 27.6. The molecule has 2 atom stereocenters. The molecule has 5 N–H and O–H groups in total. The maximum absolute atomic E-state index is 12.5. The standard InChI is InChI=1S/C20H27N7O5S2/c1-13-4-2-5-14(10-13)34(31,32)27-15(19(29)30)12-24-16(28)11-18-26-25-17(33-18)6-3-7-21-20-22-8-9-23-20/h2,4-5,8,10,15,20-21,23,27H,3,6-7,9,11-12H2,1H3,(H,24,28)(H,29,30)/t15-,20?/m0/s1. The molecule has 1 aromatic heterocycles. The molecule has 1 aromatic carbocycles. The number of sulfonamides is 1. The molecule has 2 aromatic rings. The molecule has 1 amide bonds. The third-order valence-corrected chi connectivity index (χ3v) is 7.23. The van der Waals surface area contributed by atoms with Crippen molar-refractivity contribution in [2.24, 2.45) is 4.99 Å². The number of aliphatic imine (C=N–C) groups is 1. The van der Waals surface area contributed by atoms with E-state index in [4.69, 9.17) is 0 Å². The van der Waals surface area contributed by atoms with Crippen LogP contribution in [0.5, 0.6) is 0 Å². The number of hydrogen-bond donors (Lipinski definition) is 5. The van der Waals surface area contributed by atoms with Gasteiger partial charge in [-0.25, -0.2) is 8.42 Å². The van der Waals surface area contributed by atoms with E-state index in [9.17, 15) is 23.1 Å². The molecule has 3 rings (SSSR count). The van der Waals surface area contributed by atoms with Crippen LogP contribution in [0.15, 0.2) is 34.2 Å². The number of carboxylic acids is 1. The first kappa shape index (κ1) is 25.8. The number of hydrogen-bond acceptors (Lipinski definition) is 10. The number of carbonyl (C=O) groups excluding carboxylic acids is 1. The lowest BCUT2D eigenvalue weighted by atomic mass is 10.2. The van der Waals surface area contributed by atoms with Crippen molar-refractivity contribution in [1.29, 1.82) is 0 Å². The Bertz CT molecular complexity index is 1140. The summed E-state index contributed by atoms with van der Waals surface area (Å²) in [6.07, 6.45) is 3.22. The minimum atomic E-state index is -4.07. The number of aryl methyl sites for hydroxylation is 2. The van der Waals surface area contributed by atoms with Crippen LogP contribution in [0.25, 0.3) is 0 Å². The summed E-state index contributed by atoms with van der Waals surface area (Å²) in [5.74, 6) is -1.88. The van der Waals surface area contributed by atoms with E-state index in [0.717, 1.165) is 30.1 Å². The van der Waals surface area contributed by atoms with Crippen LogP contribution in [0.4, 0.5) is 0 Å². The molecule has 0 radical (unpaired) electrons. The fraction of sp³-hybridized carbons (Fsp3) is 0.450. The highest BCUT2D eigenvalue weighted by Gasteiger charge is 2.26. The van der Waals surface area contributed by atoms with E-state index in [2.05, 4.69) is 35.9 Å². The first-order valence-corrected chi connectivity index (χ1v) is 12.9. The lowest BCUT2D eigenvalue weighted by Crippen LogP contribution is -2.48. The number of aromatic nitrogens is 2. The predicted octanol–water partition coefficient (Wildman–Crippen LogP) is -0.583. The largest absolute Gasteiger partial charge is 0.480 e. The Morgan fingerprint density at radius 1 is 1.29 bits per heavy atom. The van der Waals surface area contributed by atoms with Crippen molar-refractivity contribution in [3.63, 3.8) is 0 Å². The van der Waals surface area contributed by atoms with Gasteiger partial charge in [-0.2, -0.15) is 4.72 Å². The van der Waals surface area contributed by atoms with E-state index in [0.29, 0.717) is 11.4 Å². The Labute approximate surface area is 201 Å². The van der Waals surface area contributed by atoms with Crippen LogP contribution >= 0.6 is 11.3 Å². The van der Waals surface area contributed by atoms with E-state index < -0.39 is 34.5 Å². The van der Waals surface area contributed by atoms with Crippen molar-refractivity contribution in [3.8, 4) is 0 Å². The van der Waals surface area contributed by atoms with Gasteiger partial charge < -0.3 is 10.4 Å². The molecule has 1 aliphatic rings. The highest BCUT2D eigenvalue weighted by molar-refractivity contribution is 7.89. The van der Waals surface area contributed by atoms with Gasteiger partial charge >= 0.3 is 5.97 Å². The first-order chi connectivity index (χ1) is 16.2. The van der Waals surface area contributed by atoms with Crippen molar-refractivity contribution in [1.82, 2.24) is 30.9 Å². The van der Waals surface area contributed by atoms with E-state index >= 15 is 0 Å². The summed E-state index contributed by atoms with van der Waals surface area (Å²) in [5.41, 5.74) is 0.718. The molecule has 14 heteroatoms. The molecule has 34 heavy (non-hydrogen) atoms. The molecule has 1 aliphatic heterocycles. The molecule has 184 valence electrons. The van der Waals surface area contributed by atoms with Crippen LogP contribution in [0.2, 0.25) is 0 Å². The van der Waals surface area contributed by atoms with Crippen molar-refractivity contribution in [2.45, 2.75) is 43.4 Å². The molecular formula is C20H27N7O5S2. The number of aliphatic carboxylic acids is 1. The van der Waals surface area contributed by atoms with Gasteiger partial charge in [-0.15, -0.1) is 21.5 Å². The van der Waals surface area contributed by atoms with Crippen molar-refractivity contribution < 1.29 is 23.1 Å². The molecule has 0 spiro atoms. The number of nitrogens with one attached hydrogen (secondary N) is 4. The van der Waals surface area contributed by atoms with Crippen LogP contribution in [-0.4, -0.2) is 73.8 Å². The van der Waals surface area contributed by atoms with E-state index in [1.807, 2.05) is 6.21 Å². The van der Waals surface area contributed by atoms with Crippen LogP contribution < -0.4 is 20.7 Å². The van der Waals surface area contributed by atoms with Gasteiger partial charge in [-0.3, -0.25) is 25.2 Å². The maximum atomic E-state index is 12.5. The molecule has 12 nitrogen and oxygen atoms in total. The lowest BCUT2D eigenvalue weighted by molar-refractivity contribution is -0.138. The maximum Gasteiger partial charge on any atom is 0.323 e. The lowest BCUT2D eigenvalue weighted by Gasteiger charge is -2.15. The van der Waals surface area contributed by atoms with Crippen molar-refractivity contribution in [3.05, 3.63) is 39.8 Å². The number of amides is 1. The smallest absolute Gasteiger partial charge is 0.323 e. The van der Waals surface area contributed by atoms with Gasteiger partial charge in [-0.1, -0.05) is 12.1 Å². The van der Waals surface area contributed by atoms with Crippen LogP contribution in [0.1, 0.15) is 22.0 Å². The Hall–Kier alpha value is -2.78. The minimum Gasteiger partial charge on any atom is -0.480 e. The van der Waals surface area contributed by atoms with Crippen molar-refractivity contribution in [2.75, 3.05) is 19.6 Å². The fourth-order valence-corrected chi connectivity index (χ4v) is 5.25. The molecule has 0 saturated heterocycles. The van der Waals surface area contributed by atoms with E-state index in [1.54, 1.807) is 19.1 Å². The molecule has 1 unspecified atom stereocenters. The quantitative estimate of drug-likeness (QED) is 0.221. The topological polar surface area (TPSA) is 175 Å². The number of carbonyl (C=O) groups is 2. The summed E-state index contributed by atoms with van der Waals surface area (Å²) < 4.78 is 27.1. The first-order valence-electron chi connectivity index (χ1n) is 10.6. The van der Waals surface area contributed by atoms with Gasteiger partial charge in [0.15, 0.2) is 6.29 Å². The van der Waals surface area contributed by atoms with E-state index in [-0.39, 0.29) is 17.6 Å². The zero-order valence-electron chi connectivity index (χ0n) is 18.5. The average Bonchev–Trinajstić information content (AvgIpc) is 3.46. The number of carboxylic acid groups (broad SMARTS) is 1. The predicted molar refractivity (Wildman–Crippen MR) is 126 cm³/mol. The molecular weight excluding hydrogens is 482 g/mol. The highest BCUT2D eigenvalue weighted by atomic mass is 32.2. The third kappa shape index (κ3) is 7.92. The van der Waals surface area contributed by atoms with Crippen molar-refractivity contribution >= 4 is 39.5 Å². The van der Waals surface area contributed by atoms with Crippen LogP contribution in [-0.2, 0) is 32.5 Å². The average molecular weight is 510 g/mol. The Kier molecular flexibility index (Phi) is 9.18. The number of nitrogens with zero attached hydrogens (tertiary/aromatic N) is 3. The SMILES string of the molecule is Cc1cccc(S(=O)(=O)N[C@@H](CNC(=O)Cc2nnc(CCCNC3N=CCN3)s2)C(=O)O)c1. The van der Waals surface area contributed by atoms with Crippen LogP contribution in [0, 0.1) is 6.92 Å². The Morgan fingerprint density at radius 2 is 2.09 bits per heavy atom. The second-order valence-electron chi connectivity index (χ2n) is 7.60. The van der Waals surface area contributed by atoms with Gasteiger partial charge in [0, 0.05) is 25.7 Å². The summed E-state index contributed by atoms with van der Waals surface area (Å²) in [6, 6.07) is 4.58. The molecule has 0 saturated carbocycles. The van der Waals surface area contributed by atoms with Gasteiger partial charge in [0.2, 0.25) is 15.9 Å². The molecule has 0 bridgehead atoms. The summed E-state index contributed by atoms with van der Waals surface area (Å²) in [7, 11) is -4.07. The van der Waals surface area contributed by atoms with Gasteiger partial charge in [0.1, 0.15) is 16.1 Å². The normalized spacial score (nSPS) is 16.4. The second-order valence-corrected chi connectivity index (χ2v) is 10.5. The fourth-order valence-electron chi connectivity index (χ4n) is 3.07. The zero-order chi connectivity index (χ0) is 24.6. The Morgan fingerprint density at radius 3 is 2.79 bits per heavy atom. The molecule has 0 fully saturated rings. The monoisotopic (exact) mass is 509 g/mol. The van der Waals surface area contributed by atoms with E-state index in [1.165, 1.54) is 23.5 Å². The second kappa shape index (κ2) is 12.1. The Balaban J connectivity index is 1.44. The van der Waals surface area contributed by atoms with Gasteiger partial charge in [-0.05, 0) is 37.6 Å². The third-order valence-electron chi connectivity index (χ3n) is 4.78.